The van der Waals surface area contributed by atoms with Crippen LogP contribution in [0.2, 0.25) is 0 Å². The van der Waals surface area contributed by atoms with Crippen molar-refractivity contribution in [1.29, 1.82) is 0 Å². The first-order chi connectivity index (χ1) is 8.52. The summed E-state index contributed by atoms with van der Waals surface area (Å²) in [5, 5.41) is 3.74. The molecule has 0 amide bonds. The molecule has 2 aliphatic rings. The van der Waals surface area contributed by atoms with E-state index in [1.54, 1.807) is 0 Å². The number of hydrogen-bond acceptors (Lipinski definition) is 3. The maximum atomic E-state index is 6.02. The summed E-state index contributed by atoms with van der Waals surface area (Å²) in [7, 11) is 0. The van der Waals surface area contributed by atoms with Gasteiger partial charge in [-0.1, -0.05) is 13.3 Å². The Morgan fingerprint density at radius 1 is 1.33 bits per heavy atom. The van der Waals surface area contributed by atoms with Crippen LogP contribution in [0.4, 0.5) is 0 Å². The Bertz CT molecular complexity index is 267. The smallest absolute Gasteiger partial charge is 0.0757 e. The van der Waals surface area contributed by atoms with E-state index in [0.717, 1.165) is 25.7 Å². The maximum Gasteiger partial charge on any atom is 0.0757 e. The van der Waals surface area contributed by atoms with Gasteiger partial charge in [0, 0.05) is 25.2 Å². The van der Waals surface area contributed by atoms with E-state index in [4.69, 9.17) is 4.74 Å². The largest absolute Gasteiger partial charge is 0.370 e. The molecule has 1 aliphatic heterocycles. The van der Waals surface area contributed by atoms with Crippen LogP contribution in [-0.2, 0) is 4.74 Å². The fraction of sp³-hybridized carbons (Fsp3) is 1.00. The molecule has 1 aliphatic carbocycles. The Kier molecular flexibility index (Phi) is 4.68. The predicted molar refractivity (Wildman–Crippen MR) is 75.9 cm³/mol. The van der Waals surface area contributed by atoms with Gasteiger partial charge in [0.2, 0.25) is 0 Å². The zero-order valence-electron chi connectivity index (χ0n) is 12.5. The van der Waals surface area contributed by atoms with Crippen molar-refractivity contribution in [3.8, 4) is 0 Å². The van der Waals surface area contributed by atoms with Crippen LogP contribution in [0.5, 0.6) is 0 Å². The molecule has 106 valence electrons. The van der Waals surface area contributed by atoms with Gasteiger partial charge >= 0.3 is 0 Å². The van der Waals surface area contributed by atoms with Crippen LogP contribution < -0.4 is 5.32 Å². The molecule has 18 heavy (non-hydrogen) atoms. The molecule has 0 aromatic rings. The van der Waals surface area contributed by atoms with Crippen molar-refractivity contribution in [3.05, 3.63) is 0 Å². The summed E-state index contributed by atoms with van der Waals surface area (Å²) in [6.07, 6.45) is 5.66. The second kappa shape index (κ2) is 5.89. The lowest BCUT2D eigenvalue weighted by molar-refractivity contribution is -0.139. The molecule has 1 heterocycles. The Hall–Kier alpha value is -0.120. The zero-order chi connectivity index (χ0) is 13.2. The molecule has 0 radical (unpaired) electrons. The molecule has 0 bridgehead atoms. The quantitative estimate of drug-likeness (QED) is 0.834. The van der Waals surface area contributed by atoms with Gasteiger partial charge in [-0.05, 0) is 46.6 Å². The van der Waals surface area contributed by atoms with Crippen LogP contribution in [0.15, 0.2) is 0 Å². The van der Waals surface area contributed by atoms with E-state index in [1.165, 1.54) is 25.7 Å². The first kappa shape index (κ1) is 14.3. The SMILES string of the molecule is CCCNC1CCCC1N1CC(C)OC(C)(C)C1. The highest BCUT2D eigenvalue weighted by atomic mass is 16.5. The van der Waals surface area contributed by atoms with Gasteiger partial charge in [-0.2, -0.15) is 0 Å². The summed E-state index contributed by atoms with van der Waals surface area (Å²) < 4.78 is 6.02. The average molecular weight is 254 g/mol. The molecule has 0 aromatic carbocycles. The first-order valence-corrected chi connectivity index (χ1v) is 7.67. The van der Waals surface area contributed by atoms with Crippen molar-refractivity contribution >= 4 is 0 Å². The molecule has 3 nitrogen and oxygen atoms in total. The van der Waals surface area contributed by atoms with E-state index in [2.05, 4.69) is 37.9 Å². The van der Waals surface area contributed by atoms with Crippen LogP contribution in [0.1, 0.15) is 53.4 Å². The van der Waals surface area contributed by atoms with Crippen molar-refractivity contribution < 1.29 is 4.74 Å². The molecule has 1 saturated heterocycles. The highest BCUT2D eigenvalue weighted by Gasteiger charge is 2.39. The fourth-order valence-corrected chi connectivity index (χ4v) is 3.70. The lowest BCUT2D eigenvalue weighted by Gasteiger charge is -2.45. The number of hydrogen-bond donors (Lipinski definition) is 1. The standard InChI is InChI=1S/C15H30N2O/c1-5-9-16-13-7-6-8-14(13)17-10-12(2)18-15(3,4)11-17/h12-14,16H,5-11H2,1-4H3. The van der Waals surface area contributed by atoms with Gasteiger partial charge in [-0.15, -0.1) is 0 Å². The molecule has 2 rings (SSSR count). The summed E-state index contributed by atoms with van der Waals surface area (Å²) in [4.78, 5) is 2.68. The summed E-state index contributed by atoms with van der Waals surface area (Å²) in [6, 6.07) is 1.42. The van der Waals surface area contributed by atoms with Gasteiger partial charge < -0.3 is 10.1 Å². The monoisotopic (exact) mass is 254 g/mol. The number of nitrogens with one attached hydrogen (secondary N) is 1. The van der Waals surface area contributed by atoms with E-state index in [0.29, 0.717) is 12.1 Å². The molecule has 3 heteroatoms. The van der Waals surface area contributed by atoms with Crippen LogP contribution in [0.25, 0.3) is 0 Å². The molecular weight excluding hydrogens is 224 g/mol. The molecule has 1 N–H and O–H groups in total. The van der Waals surface area contributed by atoms with Gasteiger partial charge in [0.15, 0.2) is 0 Å². The third kappa shape index (κ3) is 3.46. The molecule has 3 atom stereocenters. The molecule has 0 aromatic heterocycles. The second-order valence-corrected chi connectivity index (χ2v) is 6.68. The molecule has 2 fully saturated rings. The van der Waals surface area contributed by atoms with Crippen LogP contribution in [0, 0.1) is 0 Å². The normalized spacial score (nSPS) is 37.0. The van der Waals surface area contributed by atoms with Gasteiger partial charge in [-0.3, -0.25) is 4.90 Å². The zero-order valence-corrected chi connectivity index (χ0v) is 12.5. The van der Waals surface area contributed by atoms with E-state index in [1.807, 2.05) is 0 Å². The lowest BCUT2D eigenvalue weighted by Crippen LogP contribution is -2.58. The van der Waals surface area contributed by atoms with Crippen molar-refractivity contribution in [1.82, 2.24) is 10.2 Å². The summed E-state index contributed by atoms with van der Waals surface area (Å²) in [5.41, 5.74) is 0.00949. The predicted octanol–water partition coefficient (Wildman–Crippen LogP) is 2.41. The number of ether oxygens (including phenoxy) is 1. The number of rotatable bonds is 4. The van der Waals surface area contributed by atoms with E-state index in [-0.39, 0.29) is 5.60 Å². The van der Waals surface area contributed by atoms with Gasteiger partial charge in [0.05, 0.1) is 11.7 Å². The van der Waals surface area contributed by atoms with Crippen molar-refractivity contribution in [2.45, 2.75) is 77.2 Å². The molecule has 1 saturated carbocycles. The van der Waals surface area contributed by atoms with Gasteiger partial charge in [-0.25, -0.2) is 0 Å². The Morgan fingerprint density at radius 3 is 2.78 bits per heavy atom. The molecular formula is C15H30N2O. The van der Waals surface area contributed by atoms with E-state index < -0.39 is 0 Å². The highest BCUT2D eigenvalue weighted by Crippen LogP contribution is 2.30. The third-order valence-corrected chi connectivity index (χ3v) is 4.20. The fourth-order valence-electron chi connectivity index (χ4n) is 3.70. The summed E-state index contributed by atoms with van der Waals surface area (Å²) in [6.45, 7) is 12.2. The van der Waals surface area contributed by atoms with Crippen LogP contribution in [-0.4, -0.2) is 48.3 Å². The van der Waals surface area contributed by atoms with Crippen LogP contribution in [0.3, 0.4) is 0 Å². The Morgan fingerprint density at radius 2 is 2.11 bits per heavy atom. The van der Waals surface area contributed by atoms with Gasteiger partial charge in [0.25, 0.3) is 0 Å². The Balaban J connectivity index is 1.96. The molecule has 0 spiro atoms. The molecule has 3 unspecified atom stereocenters. The van der Waals surface area contributed by atoms with Crippen molar-refractivity contribution in [2.24, 2.45) is 0 Å². The van der Waals surface area contributed by atoms with Crippen molar-refractivity contribution in [3.63, 3.8) is 0 Å². The number of morpholine rings is 1. The minimum absolute atomic E-state index is 0.00949. The number of nitrogens with zero attached hydrogens (tertiary/aromatic N) is 1. The summed E-state index contributed by atoms with van der Waals surface area (Å²) in [5.74, 6) is 0. The second-order valence-electron chi connectivity index (χ2n) is 6.68. The average Bonchev–Trinajstić information content (AvgIpc) is 2.71. The highest BCUT2D eigenvalue weighted by molar-refractivity contribution is 4.95. The minimum Gasteiger partial charge on any atom is -0.370 e. The maximum absolute atomic E-state index is 6.02. The van der Waals surface area contributed by atoms with Crippen LogP contribution >= 0.6 is 0 Å². The Labute approximate surface area is 112 Å². The topological polar surface area (TPSA) is 24.5 Å². The third-order valence-electron chi connectivity index (χ3n) is 4.20. The minimum atomic E-state index is 0.00949. The van der Waals surface area contributed by atoms with Crippen molar-refractivity contribution in [2.75, 3.05) is 19.6 Å². The summed E-state index contributed by atoms with van der Waals surface area (Å²) >= 11 is 0. The lowest BCUT2D eigenvalue weighted by atomic mass is 10.0. The van der Waals surface area contributed by atoms with E-state index >= 15 is 0 Å². The first-order valence-electron chi connectivity index (χ1n) is 7.67. The van der Waals surface area contributed by atoms with E-state index in [9.17, 15) is 0 Å². The van der Waals surface area contributed by atoms with Gasteiger partial charge in [0.1, 0.15) is 0 Å².